The maximum atomic E-state index is 10.6. The molecule has 0 saturated heterocycles. The summed E-state index contributed by atoms with van der Waals surface area (Å²) in [7, 11) is 0. The summed E-state index contributed by atoms with van der Waals surface area (Å²) < 4.78 is 4.55. The number of carbonyl (C=O) groups excluding carboxylic acids is 1. The van der Waals surface area contributed by atoms with Crippen LogP contribution in [0, 0.1) is 0 Å². The summed E-state index contributed by atoms with van der Waals surface area (Å²) in [4.78, 5) is 10.6. The molecular formula is C7H8N2O2. The molecule has 0 atom stereocenters. The van der Waals surface area contributed by atoms with E-state index in [4.69, 9.17) is 0 Å². The maximum absolute atomic E-state index is 10.6. The van der Waals surface area contributed by atoms with E-state index >= 15 is 0 Å². The van der Waals surface area contributed by atoms with Crippen molar-refractivity contribution in [1.29, 1.82) is 0 Å². The Hall–Kier alpha value is -1.58. The van der Waals surface area contributed by atoms with Crippen LogP contribution in [0.3, 0.4) is 0 Å². The summed E-state index contributed by atoms with van der Waals surface area (Å²) in [6.07, 6.45) is 4.24. The molecule has 0 saturated carbocycles. The molecule has 58 valence electrons. The van der Waals surface area contributed by atoms with Crippen molar-refractivity contribution in [3.63, 3.8) is 0 Å². The zero-order chi connectivity index (χ0) is 8.10. The van der Waals surface area contributed by atoms with Crippen molar-refractivity contribution < 1.29 is 9.32 Å². The normalized spacial score (nSPS) is 9.09. The van der Waals surface area contributed by atoms with E-state index in [9.17, 15) is 4.79 Å². The maximum Gasteiger partial charge on any atom is 0.243 e. The quantitative estimate of drug-likeness (QED) is 0.641. The molecule has 1 rings (SSSR count). The number of amides is 1. The first-order valence-electron chi connectivity index (χ1n) is 3.11. The van der Waals surface area contributed by atoms with Crippen molar-refractivity contribution in [2.45, 2.75) is 6.54 Å². The van der Waals surface area contributed by atoms with E-state index in [1.165, 1.54) is 12.3 Å². The molecule has 1 heterocycles. The molecule has 0 unspecified atom stereocenters. The lowest BCUT2D eigenvalue weighted by Crippen LogP contribution is -2.19. The highest BCUT2D eigenvalue weighted by molar-refractivity contribution is 5.86. The lowest BCUT2D eigenvalue weighted by atomic mass is 10.3. The van der Waals surface area contributed by atoms with Gasteiger partial charge in [0.1, 0.15) is 6.26 Å². The molecule has 1 amide bonds. The first-order valence-corrected chi connectivity index (χ1v) is 3.11. The lowest BCUT2D eigenvalue weighted by Gasteiger charge is -1.95. The van der Waals surface area contributed by atoms with Gasteiger partial charge in [0.2, 0.25) is 5.91 Å². The summed E-state index contributed by atoms with van der Waals surface area (Å²) in [6, 6.07) is 0. The fourth-order valence-corrected chi connectivity index (χ4v) is 0.575. The second kappa shape index (κ2) is 3.55. The van der Waals surface area contributed by atoms with Gasteiger partial charge in [0.25, 0.3) is 0 Å². The van der Waals surface area contributed by atoms with Crippen LogP contribution in [0.5, 0.6) is 0 Å². The van der Waals surface area contributed by atoms with Crippen LogP contribution < -0.4 is 5.32 Å². The average Bonchev–Trinajstić information content (AvgIpc) is 2.52. The summed E-state index contributed by atoms with van der Waals surface area (Å²) >= 11 is 0. The molecule has 0 aliphatic heterocycles. The predicted molar refractivity (Wildman–Crippen MR) is 38.5 cm³/mol. The van der Waals surface area contributed by atoms with Crippen molar-refractivity contribution in [2.24, 2.45) is 0 Å². The van der Waals surface area contributed by atoms with Crippen molar-refractivity contribution in [1.82, 2.24) is 10.5 Å². The van der Waals surface area contributed by atoms with Crippen LogP contribution in [0.15, 0.2) is 29.6 Å². The van der Waals surface area contributed by atoms with E-state index < -0.39 is 0 Å². The second-order valence-electron chi connectivity index (χ2n) is 1.95. The van der Waals surface area contributed by atoms with Crippen LogP contribution in [0.25, 0.3) is 0 Å². The molecule has 1 aromatic heterocycles. The highest BCUT2D eigenvalue weighted by Gasteiger charge is 1.96. The van der Waals surface area contributed by atoms with Crippen molar-refractivity contribution in [3.05, 3.63) is 30.7 Å². The van der Waals surface area contributed by atoms with Gasteiger partial charge in [-0.3, -0.25) is 4.79 Å². The van der Waals surface area contributed by atoms with E-state index in [1.54, 1.807) is 6.20 Å². The molecule has 4 nitrogen and oxygen atoms in total. The molecule has 1 aromatic rings. The van der Waals surface area contributed by atoms with Crippen LogP contribution in [0.4, 0.5) is 0 Å². The predicted octanol–water partition coefficient (Wildman–Crippen LogP) is 0.477. The first kappa shape index (κ1) is 7.53. The molecule has 0 aromatic carbocycles. The van der Waals surface area contributed by atoms with Crippen molar-refractivity contribution in [2.75, 3.05) is 0 Å². The van der Waals surface area contributed by atoms with E-state index in [0.29, 0.717) is 6.54 Å². The number of hydrogen-bond donors (Lipinski definition) is 1. The number of nitrogens with one attached hydrogen (secondary N) is 1. The minimum absolute atomic E-state index is 0.203. The number of nitrogens with zero attached hydrogens (tertiary/aromatic N) is 1. The van der Waals surface area contributed by atoms with Crippen molar-refractivity contribution >= 4 is 5.91 Å². The third-order valence-electron chi connectivity index (χ3n) is 1.14. The van der Waals surface area contributed by atoms with Crippen LogP contribution >= 0.6 is 0 Å². The van der Waals surface area contributed by atoms with Gasteiger partial charge >= 0.3 is 0 Å². The third kappa shape index (κ3) is 2.25. The standard InChI is InChI=1S/C7H8N2O2/c1-2-7(10)8-3-6-4-9-11-5-6/h2,4-5H,1,3H2,(H,8,10). The average molecular weight is 152 g/mol. The minimum atomic E-state index is -0.203. The Bertz CT molecular complexity index is 241. The van der Waals surface area contributed by atoms with Gasteiger partial charge in [0, 0.05) is 12.1 Å². The van der Waals surface area contributed by atoms with Gasteiger partial charge in [-0.2, -0.15) is 0 Å². The SMILES string of the molecule is C=CC(=O)NCc1cnoc1. The Labute approximate surface area is 63.9 Å². The molecule has 0 aliphatic rings. The third-order valence-corrected chi connectivity index (χ3v) is 1.14. The summed E-state index contributed by atoms with van der Waals surface area (Å²) in [6.45, 7) is 3.73. The lowest BCUT2D eigenvalue weighted by molar-refractivity contribution is -0.116. The number of rotatable bonds is 3. The Morgan fingerprint density at radius 2 is 2.73 bits per heavy atom. The Morgan fingerprint density at radius 3 is 3.27 bits per heavy atom. The fourth-order valence-electron chi connectivity index (χ4n) is 0.575. The van der Waals surface area contributed by atoms with Crippen LogP contribution in [0.2, 0.25) is 0 Å². The first-order chi connectivity index (χ1) is 5.33. The summed E-state index contributed by atoms with van der Waals surface area (Å²) in [5, 5.41) is 6.05. The summed E-state index contributed by atoms with van der Waals surface area (Å²) in [5.74, 6) is -0.203. The highest BCUT2D eigenvalue weighted by atomic mass is 16.5. The topological polar surface area (TPSA) is 55.1 Å². The Kier molecular flexibility index (Phi) is 2.43. The number of hydrogen-bond acceptors (Lipinski definition) is 3. The molecule has 4 heteroatoms. The van der Waals surface area contributed by atoms with Gasteiger partial charge in [-0.15, -0.1) is 0 Å². The van der Waals surface area contributed by atoms with Crippen molar-refractivity contribution in [3.8, 4) is 0 Å². The molecule has 11 heavy (non-hydrogen) atoms. The van der Waals surface area contributed by atoms with Gasteiger partial charge in [-0.1, -0.05) is 11.7 Å². The Balaban J connectivity index is 2.34. The molecule has 0 radical (unpaired) electrons. The second-order valence-corrected chi connectivity index (χ2v) is 1.95. The van der Waals surface area contributed by atoms with Gasteiger partial charge in [0.05, 0.1) is 6.20 Å². The van der Waals surface area contributed by atoms with E-state index in [-0.39, 0.29) is 5.91 Å². The number of aromatic nitrogens is 1. The zero-order valence-electron chi connectivity index (χ0n) is 5.91. The molecular weight excluding hydrogens is 144 g/mol. The molecule has 0 fully saturated rings. The molecule has 0 spiro atoms. The number of carbonyl (C=O) groups is 1. The zero-order valence-corrected chi connectivity index (χ0v) is 5.91. The van der Waals surface area contributed by atoms with Crippen LogP contribution in [-0.2, 0) is 11.3 Å². The fraction of sp³-hybridized carbons (Fsp3) is 0.143. The van der Waals surface area contributed by atoms with Gasteiger partial charge in [-0.05, 0) is 6.08 Å². The highest BCUT2D eigenvalue weighted by Crippen LogP contribution is 1.94. The van der Waals surface area contributed by atoms with Gasteiger partial charge in [-0.25, -0.2) is 0 Å². The van der Waals surface area contributed by atoms with E-state index in [1.807, 2.05) is 0 Å². The summed E-state index contributed by atoms with van der Waals surface area (Å²) in [5.41, 5.74) is 0.834. The monoisotopic (exact) mass is 152 g/mol. The minimum Gasteiger partial charge on any atom is -0.364 e. The van der Waals surface area contributed by atoms with Gasteiger partial charge in [0.15, 0.2) is 0 Å². The van der Waals surface area contributed by atoms with E-state index in [0.717, 1.165) is 5.56 Å². The molecule has 0 aliphatic carbocycles. The van der Waals surface area contributed by atoms with E-state index in [2.05, 4.69) is 21.6 Å². The largest absolute Gasteiger partial charge is 0.364 e. The Morgan fingerprint density at radius 1 is 1.91 bits per heavy atom. The molecule has 0 bridgehead atoms. The van der Waals surface area contributed by atoms with Crippen LogP contribution in [-0.4, -0.2) is 11.1 Å². The molecule has 1 N–H and O–H groups in total. The smallest absolute Gasteiger partial charge is 0.243 e. The van der Waals surface area contributed by atoms with Crippen LogP contribution in [0.1, 0.15) is 5.56 Å². The van der Waals surface area contributed by atoms with Gasteiger partial charge < -0.3 is 9.84 Å².